The van der Waals surface area contributed by atoms with Gasteiger partial charge in [-0.1, -0.05) is 0 Å². The molecule has 1 aliphatic rings. The summed E-state index contributed by atoms with van der Waals surface area (Å²) in [5, 5.41) is 7.06. The van der Waals surface area contributed by atoms with Gasteiger partial charge in [-0.15, -0.1) is 11.3 Å². The zero-order chi connectivity index (χ0) is 18.4. The zero-order valence-corrected chi connectivity index (χ0v) is 16.0. The van der Waals surface area contributed by atoms with Crippen LogP contribution in [-0.2, 0) is 17.8 Å². The van der Waals surface area contributed by atoms with Gasteiger partial charge in [-0.25, -0.2) is 9.97 Å². The lowest BCUT2D eigenvalue weighted by molar-refractivity contribution is -0.114. The van der Waals surface area contributed by atoms with E-state index in [0.717, 1.165) is 39.0 Å². The van der Waals surface area contributed by atoms with Crippen molar-refractivity contribution in [2.24, 2.45) is 0 Å². The maximum absolute atomic E-state index is 11.1. The van der Waals surface area contributed by atoms with Crippen LogP contribution in [0.5, 0.6) is 5.88 Å². The molecule has 2 N–H and O–H groups in total. The minimum Gasteiger partial charge on any atom is -0.481 e. The fourth-order valence-corrected chi connectivity index (χ4v) is 4.04. The van der Waals surface area contributed by atoms with E-state index in [1.807, 2.05) is 18.3 Å². The Morgan fingerprint density at radius 3 is 3.19 bits per heavy atom. The van der Waals surface area contributed by atoms with Crippen molar-refractivity contribution in [3.05, 3.63) is 35.0 Å². The third-order valence-corrected chi connectivity index (χ3v) is 5.17. The molecule has 8 heteroatoms. The summed E-state index contributed by atoms with van der Waals surface area (Å²) in [4.78, 5) is 23.2. The normalized spacial score (nSPS) is 18.3. The van der Waals surface area contributed by atoms with E-state index < -0.39 is 0 Å². The molecule has 3 heterocycles. The molecule has 2 aromatic heterocycles. The zero-order valence-electron chi connectivity index (χ0n) is 15.2. The average Bonchev–Trinajstić information content (AvgIpc) is 2.92. The Balaban J connectivity index is 1.59. The molecular formula is C18H25N5O2S. The third-order valence-electron chi connectivity index (χ3n) is 4.27. The molecule has 1 amide bonds. The number of amides is 1. The Labute approximate surface area is 157 Å². The van der Waals surface area contributed by atoms with Crippen LogP contribution in [0.1, 0.15) is 23.8 Å². The molecule has 0 spiro atoms. The van der Waals surface area contributed by atoms with Crippen LogP contribution in [0.2, 0.25) is 0 Å². The van der Waals surface area contributed by atoms with E-state index in [0.29, 0.717) is 17.1 Å². The summed E-state index contributed by atoms with van der Waals surface area (Å²) in [6, 6.07) is 4.43. The van der Waals surface area contributed by atoms with Gasteiger partial charge in [-0.2, -0.15) is 0 Å². The maximum Gasteiger partial charge on any atom is 0.223 e. The lowest BCUT2D eigenvalue weighted by atomic mass is 10.1. The van der Waals surface area contributed by atoms with Gasteiger partial charge in [0, 0.05) is 49.4 Å². The van der Waals surface area contributed by atoms with Crippen molar-refractivity contribution in [1.29, 1.82) is 0 Å². The Morgan fingerprint density at radius 2 is 2.38 bits per heavy atom. The summed E-state index contributed by atoms with van der Waals surface area (Å²) in [7, 11) is 1.64. The molecule has 7 nitrogen and oxygen atoms in total. The van der Waals surface area contributed by atoms with E-state index in [1.54, 1.807) is 24.6 Å². The molecule has 0 aliphatic carbocycles. The van der Waals surface area contributed by atoms with Crippen molar-refractivity contribution in [1.82, 2.24) is 20.2 Å². The molecule has 1 atom stereocenters. The average molecular weight is 375 g/mol. The topological polar surface area (TPSA) is 79.4 Å². The second kappa shape index (κ2) is 9.07. The van der Waals surface area contributed by atoms with Gasteiger partial charge in [0.25, 0.3) is 0 Å². The van der Waals surface area contributed by atoms with Crippen LogP contribution in [-0.4, -0.2) is 53.6 Å². The minimum atomic E-state index is -0.0854. The summed E-state index contributed by atoms with van der Waals surface area (Å²) in [6.07, 6.45) is 5.71. The Bertz CT molecular complexity index is 736. The molecule has 140 valence electrons. The van der Waals surface area contributed by atoms with Crippen LogP contribution >= 0.6 is 11.3 Å². The fraction of sp³-hybridized carbons (Fsp3) is 0.500. The summed E-state index contributed by atoms with van der Waals surface area (Å²) in [6.45, 7) is 5.40. The maximum atomic E-state index is 11.1. The van der Waals surface area contributed by atoms with Crippen LogP contribution in [0.4, 0.5) is 5.13 Å². The molecule has 1 saturated heterocycles. The van der Waals surface area contributed by atoms with Crippen molar-refractivity contribution in [3.63, 3.8) is 0 Å². The van der Waals surface area contributed by atoms with Crippen LogP contribution in [0.3, 0.4) is 0 Å². The number of carbonyl (C=O) groups excluding carboxylic acids is 1. The van der Waals surface area contributed by atoms with Crippen molar-refractivity contribution >= 4 is 22.4 Å². The first-order valence-corrected chi connectivity index (χ1v) is 9.61. The van der Waals surface area contributed by atoms with E-state index in [2.05, 4.69) is 25.5 Å². The van der Waals surface area contributed by atoms with Gasteiger partial charge in [-0.3, -0.25) is 9.69 Å². The number of methoxy groups -OCH3 is 1. The molecule has 0 aromatic carbocycles. The monoisotopic (exact) mass is 375 g/mol. The van der Waals surface area contributed by atoms with Gasteiger partial charge in [0.15, 0.2) is 5.13 Å². The van der Waals surface area contributed by atoms with Gasteiger partial charge in [0.2, 0.25) is 11.8 Å². The number of hydrogen-bond acceptors (Lipinski definition) is 7. The van der Waals surface area contributed by atoms with Crippen LogP contribution in [0.25, 0.3) is 0 Å². The predicted molar refractivity (Wildman–Crippen MR) is 103 cm³/mol. The second-order valence-electron chi connectivity index (χ2n) is 6.46. The van der Waals surface area contributed by atoms with E-state index in [4.69, 9.17) is 4.74 Å². The number of ether oxygens (including phenoxy) is 1. The van der Waals surface area contributed by atoms with Crippen LogP contribution < -0.4 is 15.4 Å². The van der Waals surface area contributed by atoms with Gasteiger partial charge in [0.05, 0.1) is 7.11 Å². The number of nitrogens with one attached hydrogen (secondary N) is 2. The van der Waals surface area contributed by atoms with Crippen LogP contribution in [0.15, 0.2) is 24.5 Å². The van der Waals surface area contributed by atoms with Crippen molar-refractivity contribution < 1.29 is 9.53 Å². The quantitative estimate of drug-likeness (QED) is 0.803. The van der Waals surface area contributed by atoms with Gasteiger partial charge < -0.3 is 15.4 Å². The highest BCUT2D eigenvalue weighted by Gasteiger charge is 2.19. The SMILES string of the molecule is COc1cc(CC2CN(Cc3cnc(NC(C)=O)s3)CCCN2)ccn1. The Kier molecular flexibility index (Phi) is 6.54. The molecule has 3 rings (SSSR count). The Hall–Kier alpha value is -2.03. The van der Waals surface area contributed by atoms with E-state index in [1.165, 1.54) is 17.4 Å². The number of nitrogens with zero attached hydrogens (tertiary/aromatic N) is 3. The highest BCUT2D eigenvalue weighted by Crippen LogP contribution is 2.21. The third kappa shape index (κ3) is 5.48. The summed E-state index contributed by atoms with van der Waals surface area (Å²) in [5.74, 6) is 0.570. The molecule has 0 bridgehead atoms. The van der Waals surface area contributed by atoms with Crippen molar-refractivity contribution in [3.8, 4) is 5.88 Å². The second-order valence-corrected chi connectivity index (χ2v) is 7.58. The van der Waals surface area contributed by atoms with E-state index in [9.17, 15) is 4.79 Å². The minimum absolute atomic E-state index is 0.0854. The lowest BCUT2D eigenvalue weighted by Crippen LogP contribution is -2.38. The number of rotatable bonds is 6. The van der Waals surface area contributed by atoms with Gasteiger partial charge in [0.1, 0.15) is 0 Å². The number of anilines is 1. The first-order valence-electron chi connectivity index (χ1n) is 8.79. The first kappa shape index (κ1) is 18.8. The molecule has 1 fully saturated rings. The van der Waals surface area contributed by atoms with E-state index in [-0.39, 0.29) is 5.91 Å². The summed E-state index contributed by atoms with van der Waals surface area (Å²) < 4.78 is 5.22. The molecule has 1 aliphatic heterocycles. The molecular weight excluding hydrogens is 350 g/mol. The Morgan fingerprint density at radius 1 is 1.50 bits per heavy atom. The molecule has 0 saturated carbocycles. The number of thiazole rings is 1. The highest BCUT2D eigenvalue weighted by atomic mass is 32.1. The summed E-state index contributed by atoms with van der Waals surface area (Å²) >= 11 is 1.54. The largest absolute Gasteiger partial charge is 0.481 e. The molecule has 0 radical (unpaired) electrons. The number of aromatic nitrogens is 2. The first-order chi connectivity index (χ1) is 12.6. The smallest absolute Gasteiger partial charge is 0.223 e. The van der Waals surface area contributed by atoms with Crippen LogP contribution in [0, 0.1) is 0 Å². The molecule has 1 unspecified atom stereocenters. The fourth-order valence-electron chi connectivity index (χ4n) is 3.14. The highest BCUT2D eigenvalue weighted by molar-refractivity contribution is 7.15. The molecule has 2 aromatic rings. The summed E-state index contributed by atoms with van der Waals surface area (Å²) in [5.41, 5.74) is 1.22. The van der Waals surface area contributed by atoms with Crippen molar-refractivity contribution in [2.75, 3.05) is 32.1 Å². The van der Waals surface area contributed by atoms with Gasteiger partial charge >= 0.3 is 0 Å². The predicted octanol–water partition coefficient (Wildman–Crippen LogP) is 1.91. The number of hydrogen-bond donors (Lipinski definition) is 2. The standard InChI is InChI=1S/C18H25N5O2S/c1-13(24)22-18-21-10-16(26-18)12-23-7-3-5-19-15(11-23)8-14-4-6-20-17(9-14)25-2/h4,6,9-10,15,19H,3,5,7-8,11-12H2,1-2H3,(H,21,22,24). The number of pyridine rings is 1. The van der Waals surface area contributed by atoms with Crippen molar-refractivity contribution in [2.45, 2.75) is 32.4 Å². The molecule has 26 heavy (non-hydrogen) atoms. The number of carbonyl (C=O) groups is 1. The lowest BCUT2D eigenvalue weighted by Gasteiger charge is -2.24. The van der Waals surface area contributed by atoms with Gasteiger partial charge in [-0.05, 0) is 37.6 Å². The van der Waals surface area contributed by atoms with E-state index >= 15 is 0 Å².